The van der Waals surface area contributed by atoms with E-state index in [1.165, 1.54) is 4.90 Å². The Balaban J connectivity index is 4.52. The molecule has 78 valence electrons. The van der Waals surface area contributed by atoms with Crippen molar-refractivity contribution in [2.45, 2.75) is 45.7 Å². The Morgan fingerprint density at radius 2 is 1.92 bits per heavy atom. The summed E-state index contributed by atoms with van der Waals surface area (Å²) >= 11 is 0. The van der Waals surface area contributed by atoms with Crippen molar-refractivity contribution in [2.75, 3.05) is 6.61 Å². The summed E-state index contributed by atoms with van der Waals surface area (Å²) in [5.41, 5.74) is -0.416. The summed E-state index contributed by atoms with van der Waals surface area (Å²) in [4.78, 5) is 12.3. The Morgan fingerprint density at radius 1 is 1.46 bits per heavy atom. The highest BCUT2D eigenvalue weighted by atomic mass is 16.4. The number of rotatable bonds is 3. The molecular weight excluding hydrogens is 170 g/mol. The van der Waals surface area contributed by atoms with Gasteiger partial charge in [0.25, 0.3) is 0 Å². The van der Waals surface area contributed by atoms with E-state index < -0.39 is 11.6 Å². The van der Waals surface area contributed by atoms with Crippen molar-refractivity contribution in [3.63, 3.8) is 0 Å². The zero-order valence-electron chi connectivity index (χ0n) is 8.74. The average molecular weight is 189 g/mol. The standard InChI is InChI=1S/C9H19NO3/c1-7(5-6-11)10(8(12)13)9(2,3)4/h7,11H,5-6H2,1-4H3,(H,12,13)/t7-/m1/s1. The Labute approximate surface area is 79.2 Å². The summed E-state index contributed by atoms with van der Waals surface area (Å²) in [6.45, 7) is 7.34. The number of carboxylic acid groups (broad SMARTS) is 1. The van der Waals surface area contributed by atoms with E-state index >= 15 is 0 Å². The van der Waals surface area contributed by atoms with Gasteiger partial charge in [-0.25, -0.2) is 4.79 Å². The maximum Gasteiger partial charge on any atom is 0.407 e. The lowest BCUT2D eigenvalue weighted by atomic mass is 10.0. The fourth-order valence-corrected chi connectivity index (χ4v) is 1.45. The monoisotopic (exact) mass is 189 g/mol. The number of amides is 1. The van der Waals surface area contributed by atoms with Crippen molar-refractivity contribution in [3.8, 4) is 0 Å². The quantitative estimate of drug-likeness (QED) is 0.707. The number of carbonyl (C=O) groups is 1. The van der Waals surface area contributed by atoms with E-state index in [0.29, 0.717) is 6.42 Å². The van der Waals surface area contributed by atoms with E-state index in [1.807, 2.05) is 20.8 Å². The zero-order valence-corrected chi connectivity index (χ0v) is 8.74. The molecule has 0 aromatic heterocycles. The molecule has 4 nitrogen and oxygen atoms in total. The molecule has 1 amide bonds. The van der Waals surface area contributed by atoms with Gasteiger partial charge in [0.15, 0.2) is 0 Å². The lowest BCUT2D eigenvalue weighted by Crippen LogP contribution is -2.50. The molecule has 13 heavy (non-hydrogen) atoms. The summed E-state index contributed by atoms with van der Waals surface area (Å²) in [7, 11) is 0. The van der Waals surface area contributed by atoms with Crippen LogP contribution < -0.4 is 0 Å². The average Bonchev–Trinajstić information content (AvgIpc) is 1.82. The summed E-state index contributed by atoms with van der Waals surface area (Å²) in [5, 5.41) is 17.7. The maximum absolute atomic E-state index is 10.9. The molecule has 0 rings (SSSR count). The van der Waals surface area contributed by atoms with Crippen LogP contribution in [0.4, 0.5) is 4.79 Å². The first-order valence-corrected chi connectivity index (χ1v) is 4.43. The Kier molecular flexibility index (Phi) is 4.20. The fourth-order valence-electron chi connectivity index (χ4n) is 1.45. The highest BCUT2D eigenvalue weighted by Gasteiger charge is 2.30. The molecule has 0 radical (unpaired) electrons. The van der Waals surface area contributed by atoms with Crippen LogP contribution in [-0.2, 0) is 0 Å². The van der Waals surface area contributed by atoms with Crippen molar-refractivity contribution in [1.82, 2.24) is 4.90 Å². The fraction of sp³-hybridized carbons (Fsp3) is 0.889. The second-order valence-corrected chi connectivity index (χ2v) is 4.18. The van der Waals surface area contributed by atoms with Crippen LogP contribution in [0.3, 0.4) is 0 Å². The Hall–Kier alpha value is -0.770. The van der Waals surface area contributed by atoms with Crippen LogP contribution in [-0.4, -0.2) is 39.4 Å². The normalized spacial score (nSPS) is 13.9. The van der Waals surface area contributed by atoms with E-state index in [-0.39, 0.29) is 12.6 Å². The first-order valence-electron chi connectivity index (χ1n) is 4.43. The van der Waals surface area contributed by atoms with Gasteiger partial charge in [0.2, 0.25) is 0 Å². The van der Waals surface area contributed by atoms with Crippen molar-refractivity contribution >= 4 is 6.09 Å². The first-order chi connectivity index (χ1) is 5.80. The lowest BCUT2D eigenvalue weighted by molar-refractivity contribution is 0.0668. The smallest absolute Gasteiger partial charge is 0.407 e. The number of aliphatic hydroxyl groups excluding tert-OH is 1. The van der Waals surface area contributed by atoms with Crippen LogP contribution in [0.25, 0.3) is 0 Å². The molecule has 0 saturated carbocycles. The molecule has 0 aliphatic carbocycles. The molecule has 0 unspecified atom stereocenters. The molecule has 0 heterocycles. The zero-order chi connectivity index (χ0) is 10.6. The van der Waals surface area contributed by atoms with Crippen molar-refractivity contribution in [3.05, 3.63) is 0 Å². The van der Waals surface area contributed by atoms with Gasteiger partial charge in [0.05, 0.1) is 0 Å². The summed E-state index contributed by atoms with van der Waals surface area (Å²) in [6, 6.07) is -0.150. The minimum Gasteiger partial charge on any atom is -0.465 e. The molecule has 1 atom stereocenters. The topological polar surface area (TPSA) is 60.8 Å². The van der Waals surface area contributed by atoms with E-state index in [0.717, 1.165) is 0 Å². The van der Waals surface area contributed by atoms with Crippen molar-refractivity contribution in [2.24, 2.45) is 0 Å². The third kappa shape index (κ3) is 3.63. The van der Waals surface area contributed by atoms with E-state index in [2.05, 4.69) is 0 Å². The van der Waals surface area contributed by atoms with Crippen LogP contribution in [0.1, 0.15) is 34.1 Å². The van der Waals surface area contributed by atoms with Crippen molar-refractivity contribution < 1.29 is 15.0 Å². The SMILES string of the molecule is C[C@H](CCO)N(C(=O)O)C(C)(C)C. The number of hydrogen-bond donors (Lipinski definition) is 2. The van der Waals surface area contributed by atoms with Gasteiger partial charge in [0.1, 0.15) is 0 Å². The van der Waals surface area contributed by atoms with Crippen LogP contribution in [0.15, 0.2) is 0 Å². The predicted octanol–water partition coefficient (Wildman–Crippen LogP) is 1.54. The van der Waals surface area contributed by atoms with E-state index in [1.54, 1.807) is 6.92 Å². The summed E-state index contributed by atoms with van der Waals surface area (Å²) in [5.74, 6) is 0. The molecule has 2 N–H and O–H groups in total. The van der Waals surface area contributed by atoms with Crippen LogP contribution >= 0.6 is 0 Å². The highest BCUT2D eigenvalue weighted by Crippen LogP contribution is 2.18. The second kappa shape index (κ2) is 4.46. The number of nitrogens with zero attached hydrogens (tertiary/aromatic N) is 1. The third-order valence-electron chi connectivity index (χ3n) is 1.92. The summed E-state index contributed by atoms with van der Waals surface area (Å²) < 4.78 is 0. The number of aliphatic hydroxyl groups is 1. The molecule has 0 aromatic carbocycles. The predicted molar refractivity (Wildman–Crippen MR) is 50.8 cm³/mol. The van der Waals surface area contributed by atoms with Gasteiger partial charge in [-0.2, -0.15) is 0 Å². The molecule has 0 fully saturated rings. The van der Waals surface area contributed by atoms with Crippen LogP contribution in [0.2, 0.25) is 0 Å². The minimum atomic E-state index is -0.937. The van der Waals surface area contributed by atoms with Gasteiger partial charge < -0.3 is 15.1 Å². The van der Waals surface area contributed by atoms with Crippen LogP contribution in [0, 0.1) is 0 Å². The van der Waals surface area contributed by atoms with E-state index in [9.17, 15) is 4.79 Å². The van der Waals surface area contributed by atoms with Crippen LogP contribution in [0.5, 0.6) is 0 Å². The van der Waals surface area contributed by atoms with Gasteiger partial charge in [-0.3, -0.25) is 0 Å². The molecule has 0 spiro atoms. The Morgan fingerprint density at radius 3 is 2.15 bits per heavy atom. The van der Waals surface area contributed by atoms with E-state index in [4.69, 9.17) is 10.2 Å². The maximum atomic E-state index is 10.9. The lowest BCUT2D eigenvalue weighted by Gasteiger charge is -2.37. The second-order valence-electron chi connectivity index (χ2n) is 4.18. The van der Waals surface area contributed by atoms with Gasteiger partial charge in [-0.1, -0.05) is 0 Å². The number of hydrogen-bond acceptors (Lipinski definition) is 2. The minimum absolute atomic E-state index is 0.0149. The third-order valence-corrected chi connectivity index (χ3v) is 1.92. The molecule has 0 aromatic rings. The molecule has 4 heteroatoms. The largest absolute Gasteiger partial charge is 0.465 e. The summed E-state index contributed by atoms with van der Waals surface area (Å²) in [6.07, 6.45) is -0.461. The molecular formula is C9H19NO3. The molecule has 0 bridgehead atoms. The Bertz CT molecular complexity index is 174. The highest BCUT2D eigenvalue weighted by molar-refractivity contribution is 5.66. The van der Waals surface area contributed by atoms with Gasteiger partial charge in [-0.15, -0.1) is 0 Å². The van der Waals surface area contributed by atoms with Gasteiger partial charge >= 0.3 is 6.09 Å². The van der Waals surface area contributed by atoms with Gasteiger partial charge in [-0.05, 0) is 34.1 Å². The first kappa shape index (κ1) is 12.2. The molecule has 0 saturated heterocycles. The molecule has 0 aliphatic heterocycles. The molecule has 0 aliphatic rings. The van der Waals surface area contributed by atoms with Crippen molar-refractivity contribution in [1.29, 1.82) is 0 Å². The van der Waals surface area contributed by atoms with Gasteiger partial charge in [0, 0.05) is 18.2 Å².